The molecule has 0 unspecified atom stereocenters. The summed E-state index contributed by atoms with van der Waals surface area (Å²) in [7, 11) is 0. The molecule has 2 rings (SSSR count). The molecular weight excluding hydrogens is 413 g/mol. The molecule has 0 aliphatic carbocycles. The number of ether oxygens (including phenoxy) is 1. The monoisotopic (exact) mass is 430 g/mol. The van der Waals surface area contributed by atoms with Crippen LogP contribution >= 0.6 is 15.9 Å². The molecule has 1 aromatic heterocycles. The number of nitrogens with zero attached hydrogens (tertiary/aromatic N) is 2. The Morgan fingerprint density at radius 3 is 2.35 bits per heavy atom. The molecule has 0 saturated carbocycles. The van der Waals surface area contributed by atoms with E-state index in [1.54, 1.807) is 39.8 Å². The van der Waals surface area contributed by atoms with Crippen molar-refractivity contribution in [2.24, 2.45) is 0 Å². The third kappa shape index (κ3) is 4.97. The second kappa shape index (κ2) is 7.26. The van der Waals surface area contributed by atoms with Crippen molar-refractivity contribution in [1.82, 2.24) is 4.98 Å². The maximum atomic E-state index is 13.3. The van der Waals surface area contributed by atoms with Crippen molar-refractivity contribution in [3.8, 4) is 0 Å². The Kier molecular flexibility index (Phi) is 5.65. The summed E-state index contributed by atoms with van der Waals surface area (Å²) in [6.07, 6.45) is -3.91. The highest BCUT2D eigenvalue weighted by atomic mass is 79.9. The van der Waals surface area contributed by atoms with Crippen LogP contribution in [0.4, 0.5) is 29.5 Å². The summed E-state index contributed by atoms with van der Waals surface area (Å²) in [5, 5.41) is 0. The second-order valence-corrected chi connectivity index (χ2v) is 7.52. The Morgan fingerprint density at radius 1 is 1.15 bits per heavy atom. The number of hydrogen-bond donors (Lipinski definition) is 0. The number of rotatable bonds is 2. The molecule has 0 N–H and O–H groups in total. The maximum Gasteiger partial charge on any atom is 0.420 e. The Hall–Kier alpha value is -2.09. The third-order valence-electron chi connectivity index (χ3n) is 3.22. The number of carbonyl (C=O) groups is 1. The van der Waals surface area contributed by atoms with Gasteiger partial charge in [0, 0.05) is 10.7 Å². The van der Waals surface area contributed by atoms with Crippen LogP contribution in [-0.2, 0) is 10.9 Å². The van der Waals surface area contributed by atoms with E-state index in [0.29, 0.717) is 0 Å². The van der Waals surface area contributed by atoms with Gasteiger partial charge < -0.3 is 4.74 Å². The van der Waals surface area contributed by atoms with Gasteiger partial charge in [-0.1, -0.05) is 15.9 Å². The molecule has 1 amide bonds. The van der Waals surface area contributed by atoms with Crippen molar-refractivity contribution < 1.29 is 22.7 Å². The molecule has 0 bridgehead atoms. The van der Waals surface area contributed by atoms with E-state index in [0.717, 1.165) is 16.5 Å². The zero-order valence-corrected chi connectivity index (χ0v) is 16.3. The molecule has 2 aromatic rings. The average molecular weight is 431 g/mol. The highest BCUT2D eigenvalue weighted by Crippen LogP contribution is 2.38. The Bertz CT molecular complexity index is 817. The van der Waals surface area contributed by atoms with E-state index in [4.69, 9.17) is 4.74 Å². The zero-order valence-electron chi connectivity index (χ0n) is 14.7. The minimum atomic E-state index is -4.57. The number of hydrogen-bond acceptors (Lipinski definition) is 3. The van der Waals surface area contributed by atoms with E-state index in [-0.39, 0.29) is 16.0 Å². The Balaban J connectivity index is 2.59. The summed E-state index contributed by atoms with van der Waals surface area (Å²) < 4.78 is 45.0. The summed E-state index contributed by atoms with van der Waals surface area (Å²) in [5.41, 5.74) is -0.901. The first-order valence-corrected chi connectivity index (χ1v) is 8.50. The lowest BCUT2D eigenvalue weighted by Crippen LogP contribution is -2.34. The highest BCUT2D eigenvalue weighted by molar-refractivity contribution is 9.10. The fourth-order valence-electron chi connectivity index (χ4n) is 2.15. The van der Waals surface area contributed by atoms with Crippen molar-refractivity contribution in [2.75, 3.05) is 4.90 Å². The molecule has 26 heavy (non-hydrogen) atoms. The second-order valence-electron chi connectivity index (χ2n) is 6.67. The van der Waals surface area contributed by atoms with Gasteiger partial charge in [0.2, 0.25) is 0 Å². The largest absolute Gasteiger partial charge is 0.443 e. The van der Waals surface area contributed by atoms with Crippen molar-refractivity contribution in [2.45, 2.75) is 39.5 Å². The van der Waals surface area contributed by atoms with Gasteiger partial charge in [-0.15, -0.1) is 0 Å². The van der Waals surface area contributed by atoms with Crippen LogP contribution in [0.25, 0.3) is 0 Å². The minimum Gasteiger partial charge on any atom is -0.443 e. The quantitative estimate of drug-likeness (QED) is 0.565. The van der Waals surface area contributed by atoms with E-state index in [1.165, 1.54) is 18.3 Å². The van der Waals surface area contributed by atoms with Crippen LogP contribution in [0.3, 0.4) is 0 Å². The van der Waals surface area contributed by atoms with Gasteiger partial charge in [-0.25, -0.2) is 14.7 Å². The van der Waals surface area contributed by atoms with Crippen molar-refractivity contribution in [3.05, 3.63) is 52.1 Å². The van der Waals surface area contributed by atoms with Gasteiger partial charge in [0.25, 0.3) is 0 Å². The normalized spacial score (nSPS) is 12.0. The van der Waals surface area contributed by atoms with Gasteiger partial charge in [-0.3, -0.25) is 0 Å². The molecule has 140 valence electrons. The summed E-state index contributed by atoms with van der Waals surface area (Å²) in [6, 6.07) is 6.84. The molecule has 0 spiro atoms. The molecule has 0 saturated heterocycles. The van der Waals surface area contributed by atoms with Crippen LogP contribution in [-0.4, -0.2) is 16.7 Å². The SMILES string of the molecule is Cc1ccnc(N(C(=O)OC(C)(C)C)c2ccc(Br)c(C(F)(F)F)c2)c1. The lowest BCUT2D eigenvalue weighted by molar-refractivity contribution is -0.138. The molecule has 1 aromatic carbocycles. The first-order chi connectivity index (χ1) is 11.9. The van der Waals surface area contributed by atoms with Crippen LogP contribution in [0.1, 0.15) is 31.9 Å². The molecule has 0 radical (unpaired) electrons. The van der Waals surface area contributed by atoms with Crippen LogP contribution in [0.2, 0.25) is 0 Å². The van der Waals surface area contributed by atoms with Crippen molar-refractivity contribution >= 4 is 33.5 Å². The summed E-state index contributed by atoms with van der Waals surface area (Å²) in [4.78, 5) is 17.8. The summed E-state index contributed by atoms with van der Waals surface area (Å²) in [6.45, 7) is 6.82. The summed E-state index contributed by atoms with van der Waals surface area (Å²) in [5.74, 6) is 0.176. The van der Waals surface area contributed by atoms with Crippen LogP contribution in [0, 0.1) is 6.92 Å². The van der Waals surface area contributed by atoms with E-state index in [9.17, 15) is 18.0 Å². The molecule has 0 atom stereocenters. The number of aromatic nitrogens is 1. The highest BCUT2D eigenvalue weighted by Gasteiger charge is 2.35. The van der Waals surface area contributed by atoms with Gasteiger partial charge in [0.15, 0.2) is 0 Å². The predicted molar refractivity (Wildman–Crippen MR) is 96.5 cm³/mol. The number of pyridine rings is 1. The number of halogens is 4. The standard InChI is InChI=1S/C18H18BrF3N2O2/c1-11-7-8-23-15(9-11)24(16(25)26-17(2,3)4)12-5-6-14(19)13(10-12)18(20,21)22/h5-10H,1-4H3. The Labute approximate surface area is 158 Å². The molecule has 0 fully saturated rings. The first kappa shape index (κ1) is 20.2. The van der Waals surface area contributed by atoms with Crippen LogP contribution in [0.5, 0.6) is 0 Å². The number of benzene rings is 1. The average Bonchev–Trinajstić information content (AvgIpc) is 2.46. The smallest absolute Gasteiger partial charge is 0.420 e. The molecule has 0 aliphatic heterocycles. The Morgan fingerprint density at radius 2 is 1.81 bits per heavy atom. The van der Waals surface area contributed by atoms with E-state index in [2.05, 4.69) is 20.9 Å². The molecular formula is C18H18BrF3N2O2. The van der Waals surface area contributed by atoms with Gasteiger partial charge in [-0.05, 0) is 63.6 Å². The van der Waals surface area contributed by atoms with Gasteiger partial charge in [-0.2, -0.15) is 13.2 Å². The lowest BCUT2D eigenvalue weighted by Gasteiger charge is -2.27. The number of aryl methyl sites for hydroxylation is 1. The van der Waals surface area contributed by atoms with Gasteiger partial charge >= 0.3 is 12.3 Å². The predicted octanol–water partition coefficient (Wildman–Crippen LogP) is 6.24. The van der Waals surface area contributed by atoms with Crippen molar-refractivity contribution in [1.29, 1.82) is 0 Å². The van der Waals surface area contributed by atoms with Gasteiger partial charge in [0.1, 0.15) is 11.4 Å². The third-order valence-corrected chi connectivity index (χ3v) is 3.91. The molecule has 8 heteroatoms. The van der Waals surface area contributed by atoms with Crippen LogP contribution in [0.15, 0.2) is 41.0 Å². The fraction of sp³-hybridized carbons (Fsp3) is 0.333. The topological polar surface area (TPSA) is 42.4 Å². The minimum absolute atomic E-state index is 0.00729. The van der Waals surface area contributed by atoms with Crippen molar-refractivity contribution in [3.63, 3.8) is 0 Å². The number of carbonyl (C=O) groups excluding carboxylic acids is 1. The number of anilines is 2. The van der Waals surface area contributed by atoms with Gasteiger partial charge in [0.05, 0.1) is 11.3 Å². The first-order valence-electron chi connectivity index (χ1n) is 7.71. The molecule has 0 aliphatic rings. The fourth-order valence-corrected chi connectivity index (χ4v) is 2.62. The molecule has 4 nitrogen and oxygen atoms in total. The van der Waals surface area contributed by atoms with E-state index in [1.807, 2.05) is 0 Å². The maximum absolute atomic E-state index is 13.3. The molecule has 1 heterocycles. The van der Waals surface area contributed by atoms with E-state index >= 15 is 0 Å². The van der Waals surface area contributed by atoms with Crippen LogP contribution < -0.4 is 4.90 Å². The number of amides is 1. The number of alkyl halides is 3. The summed E-state index contributed by atoms with van der Waals surface area (Å²) >= 11 is 2.90. The zero-order chi connectivity index (χ0) is 19.7. The lowest BCUT2D eigenvalue weighted by atomic mass is 10.1. The van der Waals surface area contributed by atoms with E-state index < -0.39 is 23.4 Å².